The number of rotatable bonds is 2. The van der Waals surface area contributed by atoms with Crippen LogP contribution in [0.3, 0.4) is 0 Å². The van der Waals surface area contributed by atoms with E-state index in [-0.39, 0.29) is 5.91 Å². The molecule has 1 aliphatic heterocycles. The van der Waals surface area contributed by atoms with Crippen LogP contribution in [0.25, 0.3) is 0 Å². The van der Waals surface area contributed by atoms with Crippen molar-refractivity contribution in [3.8, 4) is 0 Å². The van der Waals surface area contributed by atoms with Crippen LogP contribution in [0.1, 0.15) is 23.1 Å². The third-order valence-corrected chi connectivity index (χ3v) is 4.32. The van der Waals surface area contributed by atoms with Crippen molar-refractivity contribution in [2.24, 2.45) is 0 Å². The van der Waals surface area contributed by atoms with Crippen molar-refractivity contribution in [1.82, 2.24) is 0 Å². The van der Waals surface area contributed by atoms with Crippen LogP contribution in [0.15, 0.2) is 42.5 Å². The normalized spacial score (nSPS) is 13.9. The van der Waals surface area contributed by atoms with Gasteiger partial charge in [0.1, 0.15) is 0 Å². The molecule has 0 saturated heterocycles. The largest absolute Gasteiger partial charge is 0.312 e. The molecule has 2 nitrogen and oxygen atoms in total. The number of halogens is 1. The minimum atomic E-state index is 0.118. The van der Waals surface area contributed by atoms with Crippen molar-refractivity contribution in [2.75, 3.05) is 11.4 Å². The molecule has 0 spiro atoms. The van der Waals surface area contributed by atoms with E-state index in [9.17, 15) is 4.79 Å². The fourth-order valence-electron chi connectivity index (χ4n) is 2.89. The van der Waals surface area contributed by atoms with E-state index in [0.717, 1.165) is 30.6 Å². The van der Waals surface area contributed by atoms with Gasteiger partial charge in [0, 0.05) is 17.3 Å². The third-order valence-electron chi connectivity index (χ3n) is 3.95. The molecule has 2 aromatic carbocycles. The Balaban J connectivity index is 1.85. The van der Waals surface area contributed by atoms with Crippen LogP contribution < -0.4 is 4.90 Å². The summed E-state index contributed by atoms with van der Waals surface area (Å²) in [6.45, 7) is 2.88. The van der Waals surface area contributed by atoms with Gasteiger partial charge in [-0.15, -0.1) is 0 Å². The highest BCUT2D eigenvalue weighted by atomic mass is 35.5. The highest BCUT2D eigenvalue weighted by molar-refractivity contribution is 6.31. The summed E-state index contributed by atoms with van der Waals surface area (Å²) in [5.41, 5.74) is 4.47. The highest BCUT2D eigenvalue weighted by Gasteiger charge is 2.22. The summed E-state index contributed by atoms with van der Waals surface area (Å²) in [5.74, 6) is 0.118. The zero-order valence-corrected chi connectivity index (χ0v) is 12.9. The van der Waals surface area contributed by atoms with Gasteiger partial charge >= 0.3 is 0 Å². The first kappa shape index (κ1) is 14.2. The van der Waals surface area contributed by atoms with Crippen molar-refractivity contribution in [3.63, 3.8) is 0 Å². The monoisotopic (exact) mass is 299 g/mol. The Hall–Kier alpha value is -1.80. The number of carbonyl (C=O) groups is 1. The Kier molecular flexibility index (Phi) is 3.98. The summed E-state index contributed by atoms with van der Waals surface area (Å²) in [4.78, 5) is 14.5. The topological polar surface area (TPSA) is 20.3 Å². The molecule has 0 radical (unpaired) electrons. The van der Waals surface area contributed by atoms with Crippen LogP contribution in [-0.4, -0.2) is 12.5 Å². The third kappa shape index (κ3) is 2.96. The van der Waals surface area contributed by atoms with Crippen LogP contribution in [0.2, 0.25) is 5.02 Å². The van der Waals surface area contributed by atoms with E-state index < -0.39 is 0 Å². The molecular formula is C18H18ClNO. The molecule has 0 aliphatic carbocycles. The van der Waals surface area contributed by atoms with Crippen LogP contribution in [-0.2, 0) is 17.6 Å². The average molecular weight is 300 g/mol. The Morgan fingerprint density at radius 2 is 2.05 bits per heavy atom. The maximum Gasteiger partial charge on any atom is 0.231 e. The van der Waals surface area contributed by atoms with Gasteiger partial charge in [0.05, 0.1) is 6.42 Å². The lowest BCUT2D eigenvalue weighted by molar-refractivity contribution is -0.118. The zero-order chi connectivity index (χ0) is 14.8. The van der Waals surface area contributed by atoms with Crippen LogP contribution in [0.5, 0.6) is 0 Å². The lowest BCUT2D eigenvalue weighted by Crippen LogP contribution is -2.36. The average Bonchev–Trinajstić information content (AvgIpc) is 2.48. The number of anilines is 1. The minimum Gasteiger partial charge on any atom is -0.312 e. The molecule has 2 aromatic rings. The summed E-state index contributed by atoms with van der Waals surface area (Å²) in [6, 6.07) is 13.9. The van der Waals surface area contributed by atoms with E-state index >= 15 is 0 Å². The Bertz CT molecular complexity index is 681. The van der Waals surface area contributed by atoms with Crippen LogP contribution in [0.4, 0.5) is 5.69 Å². The molecule has 0 atom stereocenters. The van der Waals surface area contributed by atoms with Crippen molar-refractivity contribution >= 4 is 23.2 Å². The van der Waals surface area contributed by atoms with Gasteiger partial charge in [-0.25, -0.2) is 0 Å². The fraction of sp³-hybridized carbons (Fsp3) is 0.278. The molecule has 0 bridgehead atoms. The minimum absolute atomic E-state index is 0.118. The predicted octanol–water partition coefficient (Wildman–Crippen LogP) is 4.17. The van der Waals surface area contributed by atoms with Crippen molar-refractivity contribution in [1.29, 1.82) is 0 Å². The number of aryl methyl sites for hydroxylation is 2. The number of benzene rings is 2. The quantitative estimate of drug-likeness (QED) is 0.815. The van der Waals surface area contributed by atoms with Crippen LogP contribution >= 0.6 is 11.6 Å². The second-order valence-electron chi connectivity index (χ2n) is 5.55. The van der Waals surface area contributed by atoms with Gasteiger partial charge in [0.2, 0.25) is 5.91 Å². The van der Waals surface area contributed by atoms with Gasteiger partial charge in [-0.1, -0.05) is 47.5 Å². The molecule has 0 unspecified atom stereocenters. The smallest absolute Gasteiger partial charge is 0.231 e. The summed E-state index contributed by atoms with van der Waals surface area (Å²) in [5, 5.41) is 0.659. The van der Waals surface area contributed by atoms with Gasteiger partial charge in [0.15, 0.2) is 0 Å². The number of fused-ring (bicyclic) bond motifs is 1. The fourth-order valence-corrected chi connectivity index (χ4v) is 3.09. The molecule has 0 aromatic heterocycles. The molecule has 3 heteroatoms. The van der Waals surface area contributed by atoms with Crippen LogP contribution in [0, 0.1) is 6.92 Å². The number of hydrogen-bond acceptors (Lipinski definition) is 1. The molecule has 0 N–H and O–H groups in total. The maximum absolute atomic E-state index is 12.6. The highest BCUT2D eigenvalue weighted by Crippen LogP contribution is 2.29. The van der Waals surface area contributed by atoms with E-state index in [2.05, 4.69) is 25.1 Å². The van der Waals surface area contributed by atoms with Gasteiger partial charge in [-0.05, 0) is 43.0 Å². The molecule has 0 fully saturated rings. The lowest BCUT2D eigenvalue weighted by atomic mass is 9.99. The van der Waals surface area contributed by atoms with E-state index in [4.69, 9.17) is 11.6 Å². The molecule has 108 valence electrons. The number of amides is 1. The summed E-state index contributed by atoms with van der Waals surface area (Å²) in [7, 11) is 0. The first-order chi connectivity index (χ1) is 10.1. The number of carbonyl (C=O) groups excluding carboxylic acids is 1. The van der Waals surface area contributed by atoms with E-state index in [1.54, 1.807) is 0 Å². The molecule has 1 aliphatic rings. The summed E-state index contributed by atoms with van der Waals surface area (Å²) < 4.78 is 0. The van der Waals surface area contributed by atoms with Crippen molar-refractivity contribution in [3.05, 3.63) is 64.2 Å². The first-order valence-corrected chi connectivity index (χ1v) is 7.66. The van der Waals surface area contributed by atoms with Gasteiger partial charge in [-0.3, -0.25) is 4.79 Å². The number of nitrogens with zero attached hydrogens (tertiary/aromatic N) is 1. The van der Waals surface area contributed by atoms with E-state index in [1.165, 1.54) is 11.1 Å². The molecule has 3 rings (SSSR count). The summed E-state index contributed by atoms with van der Waals surface area (Å²) >= 11 is 6.16. The molecule has 1 heterocycles. The zero-order valence-electron chi connectivity index (χ0n) is 12.1. The van der Waals surface area contributed by atoms with Gasteiger partial charge in [-0.2, -0.15) is 0 Å². The van der Waals surface area contributed by atoms with E-state index in [1.807, 2.05) is 29.2 Å². The molecule has 0 saturated carbocycles. The Labute approximate surface area is 130 Å². The maximum atomic E-state index is 12.6. The van der Waals surface area contributed by atoms with Gasteiger partial charge < -0.3 is 4.90 Å². The van der Waals surface area contributed by atoms with Gasteiger partial charge in [0.25, 0.3) is 0 Å². The van der Waals surface area contributed by atoms with Crippen molar-refractivity contribution < 1.29 is 4.79 Å². The standard InChI is InChI=1S/C18H18ClNO/c1-13-8-9-17-15(11-13)6-4-10-20(17)18(21)12-14-5-2-3-7-16(14)19/h2-3,5,7-9,11H,4,6,10,12H2,1H3. The molecular weight excluding hydrogens is 282 g/mol. The lowest BCUT2D eigenvalue weighted by Gasteiger charge is -2.30. The first-order valence-electron chi connectivity index (χ1n) is 7.28. The molecule has 21 heavy (non-hydrogen) atoms. The second-order valence-corrected chi connectivity index (χ2v) is 5.96. The number of hydrogen-bond donors (Lipinski definition) is 0. The summed E-state index contributed by atoms with van der Waals surface area (Å²) in [6.07, 6.45) is 2.42. The predicted molar refractivity (Wildman–Crippen MR) is 87.0 cm³/mol. The SMILES string of the molecule is Cc1ccc2c(c1)CCCN2C(=O)Cc1ccccc1Cl. The second kappa shape index (κ2) is 5.90. The molecule has 1 amide bonds. The Morgan fingerprint density at radius 3 is 2.86 bits per heavy atom. The Morgan fingerprint density at radius 1 is 1.24 bits per heavy atom. The van der Waals surface area contributed by atoms with E-state index in [0.29, 0.717) is 11.4 Å². The van der Waals surface area contributed by atoms with Crippen molar-refractivity contribution in [2.45, 2.75) is 26.2 Å².